The van der Waals surface area contributed by atoms with Crippen molar-refractivity contribution in [2.45, 2.75) is 25.7 Å². The van der Waals surface area contributed by atoms with Crippen LogP contribution in [0.5, 0.6) is 0 Å². The summed E-state index contributed by atoms with van der Waals surface area (Å²) >= 11 is 0. The Morgan fingerprint density at radius 2 is 2.00 bits per heavy atom. The minimum Gasteiger partial charge on any atom is -0.454 e. The second-order valence-electron chi connectivity index (χ2n) is 5.40. The smallest absolute Gasteiger partial charge is 0.262 e. The first-order valence-corrected chi connectivity index (χ1v) is 7.12. The Bertz CT molecular complexity index is 859. The maximum absolute atomic E-state index is 12.2. The third-order valence-corrected chi connectivity index (χ3v) is 4.08. The van der Waals surface area contributed by atoms with Crippen LogP contribution in [0.1, 0.15) is 24.2 Å². The summed E-state index contributed by atoms with van der Waals surface area (Å²) in [6, 6.07) is 9.46. The summed E-state index contributed by atoms with van der Waals surface area (Å²) in [5, 5.41) is 11.4. The van der Waals surface area contributed by atoms with Crippen LogP contribution in [0.4, 0.5) is 0 Å². The Labute approximate surface area is 120 Å². The molecular weight excluding hydrogens is 268 g/mol. The van der Waals surface area contributed by atoms with E-state index < -0.39 is 0 Å². The number of fused-ring (bicyclic) bond motifs is 2. The molecule has 0 aliphatic heterocycles. The van der Waals surface area contributed by atoms with Crippen LogP contribution in [0, 0.1) is 4.91 Å². The maximum Gasteiger partial charge on any atom is 0.262 e. The van der Waals surface area contributed by atoms with Gasteiger partial charge in [-0.05, 0) is 31.4 Å². The van der Waals surface area contributed by atoms with Crippen molar-refractivity contribution in [3.05, 3.63) is 52.8 Å². The van der Waals surface area contributed by atoms with Crippen molar-refractivity contribution in [2.24, 2.45) is 0 Å². The molecule has 0 saturated heterocycles. The molecule has 0 fully saturated rings. The summed E-state index contributed by atoms with van der Waals surface area (Å²) in [6.07, 6.45) is 4.78. The lowest BCUT2D eigenvalue weighted by molar-refractivity contribution is -0.507. The molecule has 0 bridgehead atoms. The Kier molecular flexibility index (Phi) is 2.60. The van der Waals surface area contributed by atoms with Crippen LogP contribution in [0.2, 0.25) is 0 Å². The lowest BCUT2D eigenvalue weighted by atomic mass is 10.0. The van der Waals surface area contributed by atoms with Crippen LogP contribution in [-0.4, -0.2) is 9.94 Å². The number of furan rings is 1. The fraction of sp³-hybridized carbons (Fsp3) is 0.250. The fourth-order valence-electron chi connectivity index (χ4n) is 3.00. The van der Waals surface area contributed by atoms with E-state index in [1.807, 2.05) is 30.3 Å². The van der Waals surface area contributed by atoms with Crippen LogP contribution in [0.25, 0.3) is 22.4 Å². The summed E-state index contributed by atoms with van der Waals surface area (Å²) < 4.78 is 7.72. The number of hydrogen-bond donors (Lipinski definition) is 1. The third kappa shape index (κ3) is 1.85. The SMILES string of the molecule is O=[n+]1cc(-c2cc3ccccc3o2)n(O)c2c1CCCC2. The molecule has 5 heteroatoms. The van der Waals surface area contributed by atoms with Gasteiger partial charge in [-0.15, -0.1) is 0 Å². The van der Waals surface area contributed by atoms with Crippen molar-refractivity contribution in [3.8, 4) is 11.5 Å². The van der Waals surface area contributed by atoms with E-state index in [0.717, 1.165) is 33.0 Å². The Morgan fingerprint density at radius 1 is 1.19 bits per heavy atom. The molecule has 0 radical (unpaired) electrons. The van der Waals surface area contributed by atoms with Crippen molar-refractivity contribution in [1.82, 2.24) is 4.73 Å². The van der Waals surface area contributed by atoms with Crippen molar-refractivity contribution < 1.29 is 14.1 Å². The van der Waals surface area contributed by atoms with E-state index in [-0.39, 0.29) is 0 Å². The van der Waals surface area contributed by atoms with E-state index >= 15 is 0 Å². The standard InChI is InChI=1S/C16H15N2O3/c19-17-10-14(18(20)13-7-3-2-6-12(13)17)16-9-11-5-1-4-8-15(11)21-16/h1,4-5,8-10,20H,2-3,6-7H2/q+1. The summed E-state index contributed by atoms with van der Waals surface area (Å²) in [5.41, 5.74) is 2.47. The molecule has 5 nitrogen and oxygen atoms in total. The second-order valence-corrected chi connectivity index (χ2v) is 5.40. The predicted octanol–water partition coefficient (Wildman–Crippen LogP) is 2.93. The maximum atomic E-state index is 12.2. The van der Waals surface area contributed by atoms with Gasteiger partial charge in [-0.1, -0.05) is 18.2 Å². The molecule has 4 rings (SSSR count). The summed E-state index contributed by atoms with van der Waals surface area (Å²) in [4.78, 5) is 12.2. The van der Waals surface area contributed by atoms with E-state index in [1.165, 1.54) is 6.20 Å². The quantitative estimate of drug-likeness (QED) is 0.551. The Hall–Kier alpha value is -2.56. The zero-order valence-corrected chi connectivity index (χ0v) is 11.5. The molecule has 1 N–H and O–H groups in total. The lowest BCUT2D eigenvalue weighted by Gasteiger charge is -2.13. The van der Waals surface area contributed by atoms with E-state index in [4.69, 9.17) is 4.42 Å². The molecule has 2 heterocycles. The van der Waals surface area contributed by atoms with E-state index in [2.05, 4.69) is 0 Å². The van der Waals surface area contributed by atoms with Gasteiger partial charge in [0.2, 0.25) is 0 Å². The fourth-order valence-corrected chi connectivity index (χ4v) is 3.00. The van der Waals surface area contributed by atoms with Gasteiger partial charge in [-0.3, -0.25) is 0 Å². The minimum atomic E-state index is 0.391. The Morgan fingerprint density at radius 3 is 2.86 bits per heavy atom. The highest BCUT2D eigenvalue weighted by atomic mass is 16.5. The number of rotatable bonds is 1. The van der Waals surface area contributed by atoms with Crippen LogP contribution < -0.4 is 4.43 Å². The number of para-hydroxylation sites is 1. The number of nitrogens with zero attached hydrogens (tertiary/aromatic N) is 2. The molecule has 1 aromatic carbocycles. The summed E-state index contributed by atoms with van der Waals surface area (Å²) in [5.74, 6) is 0.497. The van der Waals surface area contributed by atoms with Gasteiger partial charge < -0.3 is 9.62 Å². The summed E-state index contributed by atoms with van der Waals surface area (Å²) in [7, 11) is 0. The molecule has 0 unspecified atom stereocenters. The lowest BCUT2D eigenvalue weighted by Crippen LogP contribution is -2.30. The van der Waals surface area contributed by atoms with Gasteiger partial charge in [0.05, 0.1) is 4.43 Å². The van der Waals surface area contributed by atoms with Gasteiger partial charge in [0.1, 0.15) is 11.3 Å². The van der Waals surface area contributed by atoms with Gasteiger partial charge in [-0.2, -0.15) is 4.73 Å². The van der Waals surface area contributed by atoms with Crippen molar-refractivity contribution in [2.75, 3.05) is 0 Å². The van der Waals surface area contributed by atoms with Gasteiger partial charge in [0.25, 0.3) is 11.9 Å². The van der Waals surface area contributed by atoms with E-state index in [9.17, 15) is 10.1 Å². The molecule has 0 amide bonds. The first-order chi connectivity index (χ1) is 10.2. The topological polar surface area (TPSA) is 61.3 Å². The third-order valence-electron chi connectivity index (χ3n) is 4.08. The highest BCUT2D eigenvalue weighted by molar-refractivity contribution is 5.81. The molecule has 1 aliphatic rings. The molecule has 3 aromatic rings. The number of aromatic nitrogens is 2. The molecule has 2 aromatic heterocycles. The monoisotopic (exact) mass is 283 g/mol. The zero-order chi connectivity index (χ0) is 14.4. The van der Waals surface area contributed by atoms with Gasteiger partial charge in [-0.25, -0.2) is 0 Å². The molecule has 0 spiro atoms. The van der Waals surface area contributed by atoms with Crippen molar-refractivity contribution in [1.29, 1.82) is 0 Å². The highest BCUT2D eigenvalue weighted by Crippen LogP contribution is 2.28. The average Bonchev–Trinajstić information content (AvgIpc) is 2.94. The van der Waals surface area contributed by atoms with Gasteiger partial charge in [0, 0.05) is 16.7 Å². The van der Waals surface area contributed by atoms with E-state index in [0.29, 0.717) is 35.7 Å². The second kappa shape index (κ2) is 4.48. The van der Waals surface area contributed by atoms with Crippen molar-refractivity contribution in [3.63, 3.8) is 0 Å². The van der Waals surface area contributed by atoms with Crippen LogP contribution in [0.3, 0.4) is 0 Å². The molecule has 21 heavy (non-hydrogen) atoms. The zero-order valence-electron chi connectivity index (χ0n) is 11.5. The first-order valence-electron chi connectivity index (χ1n) is 7.12. The van der Waals surface area contributed by atoms with Crippen LogP contribution in [0.15, 0.2) is 40.9 Å². The van der Waals surface area contributed by atoms with Crippen molar-refractivity contribution >= 4 is 11.0 Å². The molecule has 0 atom stereocenters. The molecule has 0 saturated carbocycles. The number of benzene rings is 1. The molecule has 1 aliphatic carbocycles. The largest absolute Gasteiger partial charge is 0.454 e. The minimum absolute atomic E-state index is 0.391. The van der Waals surface area contributed by atoms with E-state index in [1.54, 1.807) is 0 Å². The molecule has 106 valence electrons. The Balaban J connectivity index is 1.96. The van der Waals surface area contributed by atoms with Gasteiger partial charge >= 0.3 is 0 Å². The summed E-state index contributed by atoms with van der Waals surface area (Å²) in [6.45, 7) is 0. The number of hydrogen-bond acceptors (Lipinski definition) is 3. The van der Waals surface area contributed by atoms with Crippen LogP contribution in [-0.2, 0) is 12.8 Å². The average molecular weight is 283 g/mol. The normalized spacial score (nSPS) is 14.3. The first kappa shape index (κ1) is 12.2. The molecular formula is C16H15N2O3+. The highest BCUT2D eigenvalue weighted by Gasteiger charge is 2.27. The van der Waals surface area contributed by atoms with Crippen LogP contribution >= 0.6 is 0 Å². The predicted molar refractivity (Wildman–Crippen MR) is 76.8 cm³/mol. The van der Waals surface area contributed by atoms with Gasteiger partial charge in [0.15, 0.2) is 11.5 Å².